The van der Waals surface area contributed by atoms with Crippen LogP contribution in [0.1, 0.15) is 18.3 Å². The Balaban J connectivity index is 1.37. The second kappa shape index (κ2) is 10.0. The summed E-state index contributed by atoms with van der Waals surface area (Å²) in [5, 5.41) is 12.9. The van der Waals surface area contributed by atoms with Gasteiger partial charge in [0.2, 0.25) is 5.91 Å². The molecule has 0 saturated heterocycles. The Morgan fingerprint density at radius 3 is 2.81 bits per heavy atom. The number of anilines is 1. The number of carbonyl (C=O) groups excluding carboxylic acids is 1. The van der Waals surface area contributed by atoms with Crippen LogP contribution in [-0.4, -0.2) is 31.4 Å². The van der Waals surface area contributed by atoms with Gasteiger partial charge in [0.15, 0.2) is 9.50 Å². The molecular weight excluding hydrogens is 470 g/mol. The van der Waals surface area contributed by atoms with Crippen molar-refractivity contribution in [1.29, 1.82) is 0 Å². The molecule has 4 aromatic rings. The molecule has 1 N–H and O–H groups in total. The zero-order chi connectivity index (χ0) is 21.8. The van der Waals surface area contributed by atoms with E-state index in [2.05, 4.69) is 33.5 Å². The highest BCUT2D eigenvalue weighted by atomic mass is 35.5. The van der Waals surface area contributed by atoms with Gasteiger partial charge < -0.3 is 9.88 Å². The molecule has 2 heterocycles. The van der Waals surface area contributed by atoms with Crippen LogP contribution in [-0.2, 0) is 17.1 Å². The highest BCUT2D eigenvalue weighted by Gasteiger charge is 2.15. The molecule has 2 aromatic heterocycles. The van der Waals surface area contributed by atoms with Gasteiger partial charge in [-0.1, -0.05) is 53.3 Å². The maximum absolute atomic E-state index is 12.4. The molecule has 0 saturated carbocycles. The number of para-hydroxylation sites is 1. The summed E-state index contributed by atoms with van der Waals surface area (Å²) >= 11 is 10.8. The number of aromatic nitrogens is 4. The largest absolute Gasteiger partial charge is 0.325 e. The molecule has 0 aliphatic heterocycles. The number of nitrogens with one attached hydrogen (secondary N) is 1. The molecule has 0 aliphatic rings. The molecule has 0 unspecified atom stereocenters. The van der Waals surface area contributed by atoms with E-state index in [1.54, 1.807) is 29.2 Å². The molecule has 31 heavy (non-hydrogen) atoms. The third-order valence-corrected chi connectivity index (χ3v) is 8.13. The number of rotatable bonds is 8. The van der Waals surface area contributed by atoms with E-state index in [9.17, 15) is 4.79 Å². The van der Waals surface area contributed by atoms with Crippen molar-refractivity contribution in [2.45, 2.75) is 35.6 Å². The van der Waals surface area contributed by atoms with Gasteiger partial charge in [0.05, 0.1) is 21.7 Å². The van der Waals surface area contributed by atoms with Crippen molar-refractivity contribution in [1.82, 2.24) is 19.7 Å². The van der Waals surface area contributed by atoms with Crippen molar-refractivity contribution in [3.8, 4) is 0 Å². The number of hydrogen-bond acceptors (Lipinski definition) is 7. The highest BCUT2D eigenvalue weighted by Crippen LogP contribution is 2.31. The van der Waals surface area contributed by atoms with Crippen molar-refractivity contribution < 1.29 is 4.79 Å². The van der Waals surface area contributed by atoms with Crippen LogP contribution >= 0.6 is 46.5 Å². The Kier molecular flexibility index (Phi) is 7.16. The van der Waals surface area contributed by atoms with E-state index in [1.807, 2.05) is 41.8 Å². The standard InChI is InChI=1S/C21H20ClN5OS3/c1-3-27-18(11-30-21-24-16-8-4-5-10-17(16)31-21)25-26-20(27)29-12-19(28)23-15-9-6-7-14(22)13(15)2/h4-10H,3,11-12H2,1-2H3,(H,23,28). The van der Waals surface area contributed by atoms with Crippen molar-refractivity contribution in [2.24, 2.45) is 0 Å². The second-order valence-corrected chi connectivity index (χ2v) is 10.2. The zero-order valence-electron chi connectivity index (χ0n) is 17.0. The van der Waals surface area contributed by atoms with Gasteiger partial charge in [-0.3, -0.25) is 4.79 Å². The summed E-state index contributed by atoms with van der Waals surface area (Å²) in [6.45, 7) is 4.67. The smallest absolute Gasteiger partial charge is 0.234 e. The summed E-state index contributed by atoms with van der Waals surface area (Å²) in [7, 11) is 0. The Hall–Kier alpha value is -2.07. The van der Waals surface area contributed by atoms with Gasteiger partial charge in [-0.15, -0.1) is 21.5 Å². The third kappa shape index (κ3) is 5.23. The molecule has 160 valence electrons. The van der Waals surface area contributed by atoms with E-state index in [0.29, 0.717) is 10.8 Å². The lowest BCUT2D eigenvalue weighted by Crippen LogP contribution is -2.15. The summed E-state index contributed by atoms with van der Waals surface area (Å²) in [5.74, 6) is 1.69. The molecule has 0 aliphatic carbocycles. The summed E-state index contributed by atoms with van der Waals surface area (Å²) in [6, 6.07) is 13.6. The first kappa shape index (κ1) is 22.1. The molecule has 0 spiro atoms. The Morgan fingerprint density at radius 2 is 2.00 bits per heavy atom. The van der Waals surface area contributed by atoms with Gasteiger partial charge in [0.25, 0.3) is 0 Å². The number of hydrogen-bond donors (Lipinski definition) is 1. The van der Waals surface area contributed by atoms with Crippen LogP contribution in [0, 0.1) is 6.92 Å². The minimum absolute atomic E-state index is 0.105. The Labute approximate surface area is 197 Å². The van der Waals surface area contributed by atoms with Crippen LogP contribution in [0.4, 0.5) is 5.69 Å². The Morgan fingerprint density at radius 1 is 1.16 bits per heavy atom. The number of nitrogens with zero attached hydrogens (tertiary/aromatic N) is 4. The minimum atomic E-state index is -0.105. The predicted molar refractivity (Wildman–Crippen MR) is 130 cm³/mol. The monoisotopic (exact) mass is 489 g/mol. The molecular formula is C21H20ClN5OS3. The summed E-state index contributed by atoms with van der Waals surface area (Å²) in [4.78, 5) is 17.1. The second-order valence-electron chi connectivity index (χ2n) is 6.63. The summed E-state index contributed by atoms with van der Waals surface area (Å²) in [5.41, 5.74) is 2.60. The van der Waals surface area contributed by atoms with Crippen LogP contribution < -0.4 is 5.32 Å². The molecule has 0 bridgehead atoms. The van der Waals surface area contributed by atoms with E-state index in [4.69, 9.17) is 11.6 Å². The normalized spacial score (nSPS) is 11.2. The van der Waals surface area contributed by atoms with E-state index in [-0.39, 0.29) is 11.7 Å². The van der Waals surface area contributed by atoms with Crippen molar-refractivity contribution in [3.63, 3.8) is 0 Å². The van der Waals surface area contributed by atoms with Gasteiger partial charge in [-0.05, 0) is 43.7 Å². The van der Waals surface area contributed by atoms with Crippen LogP contribution in [0.5, 0.6) is 0 Å². The molecule has 0 radical (unpaired) electrons. The minimum Gasteiger partial charge on any atom is -0.325 e. The van der Waals surface area contributed by atoms with E-state index in [1.165, 1.54) is 16.5 Å². The lowest BCUT2D eigenvalue weighted by molar-refractivity contribution is -0.113. The summed E-state index contributed by atoms with van der Waals surface area (Å²) < 4.78 is 4.24. The molecule has 2 aromatic carbocycles. The average Bonchev–Trinajstić information content (AvgIpc) is 3.36. The maximum atomic E-state index is 12.4. The molecule has 0 fully saturated rings. The summed E-state index contributed by atoms with van der Waals surface area (Å²) in [6.07, 6.45) is 0. The Bertz CT molecular complexity index is 1190. The third-order valence-electron chi connectivity index (χ3n) is 4.58. The lowest BCUT2D eigenvalue weighted by Gasteiger charge is -2.10. The molecule has 1 amide bonds. The maximum Gasteiger partial charge on any atom is 0.234 e. The zero-order valence-corrected chi connectivity index (χ0v) is 20.2. The number of thioether (sulfide) groups is 2. The quantitative estimate of drug-likeness (QED) is 0.311. The molecule has 4 rings (SSSR count). The van der Waals surface area contributed by atoms with E-state index < -0.39 is 0 Å². The fraction of sp³-hybridized carbons (Fsp3) is 0.238. The number of amides is 1. The topological polar surface area (TPSA) is 72.7 Å². The molecule has 0 atom stereocenters. The van der Waals surface area contributed by atoms with Crippen LogP contribution in [0.2, 0.25) is 5.02 Å². The van der Waals surface area contributed by atoms with Gasteiger partial charge in [-0.2, -0.15) is 0 Å². The predicted octanol–water partition coefficient (Wildman–Crippen LogP) is 5.89. The van der Waals surface area contributed by atoms with Crippen LogP contribution in [0.3, 0.4) is 0 Å². The van der Waals surface area contributed by atoms with E-state index in [0.717, 1.165) is 38.6 Å². The number of fused-ring (bicyclic) bond motifs is 1. The van der Waals surface area contributed by atoms with E-state index >= 15 is 0 Å². The number of carbonyl (C=O) groups is 1. The van der Waals surface area contributed by atoms with Gasteiger partial charge in [0, 0.05) is 17.3 Å². The number of benzene rings is 2. The van der Waals surface area contributed by atoms with Crippen LogP contribution in [0.15, 0.2) is 52.0 Å². The van der Waals surface area contributed by atoms with Crippen molar-refractivity contribution in [3.05, 3.63) is 58.9 Å². The van der Waals surface area contributed by atoms with Crippen molar-refractivity contribution in [2.75, 3.05) is 11.1 Å². The lowest BCUT2D eigenvalue weighted by atomic mass is 10.2. The molecule has 6 nitrogen and oxygen atoms in total. The number of halogens is 1. The van der Waals surface area contributed by atoms with Gasteiger partial charge in [-0.25, -0.2) is 4.98 Å². The van der Waals surface area contributed by atoms with Gasteiger partial charge in [0.1, 0.15) is 5.82 Å². The average molecular weight is 490 g/mol. The first-order valence-corrected chi connectivity index (χ1v) is 12.8. The fourth-order valence-corrected chi connectivity index (χ4v) is 5.95. The van der Waals surface area contributed by atoms with Crippen molar-refractivity contribution >= 4 is 68.3 Å². The molecule has 10 heteroatoms. The van der Waals surface area contributed by atoms with Crippen LogP contribution in [0.25, 0.3) is 10.2 Å². The highest BCUT2D eigenvalue weighted by molar-refractivity contribution is 8.00. The first-order chi connectivity index (χ1) is 15.0. The number of thiazole rings is 1. The first-order valence-electron chi connectivity index (χ1n) is 9.63. The SMILES string of the molecule is CCn1c(CSc2nc3ccccc3s2)nnc1SCC(=O)Nc1cccc(Cl)c1C. The van der Waals surface area contributed by atoms with Gasteiger partial charge >= 0.3 is 0 Å². The fourth-order valence-electron chi connectivity index (χ4n) is 2.95.